The predicted octanol–water partition coefficient (Wildman–Crippen LogP) is 2.58. The topological polar surface area (TPSA) is 17.3 Å². The quantitative estimate of drug-likeness (QED) is 0.720. The molecule has 0 atom stereocenters. The predicted molar refractivity (Wildman–Crippen MR) is 68.5 cm³/mol. The molecule has 0 unspecified atom stereocenters. The summed E-state index contributed by atoms with van der Waals surface area (Å²) in [5.41, 5.74) is 3.41. The van der Waals surface area contributed by atoms with Crippen LogP contribution in [0.3, 0.4) is 0 Å². The number of hydrogen-bond donors (Lipinski definition) is 0. The average molecular weight is 300 g/mol. The van der Waals surface area contributed by atoms with Crippen molar-refractivity contribution in [2.45, 2.75) is 13.8 Å². The van der Waals surface area contributed by atoms with Gasteiger partial charge in [0.25, 0.3) is 0 Å². The summed E-state index contributed by atoms with van der Waals surface area (Å²) in [6.45, 7) is 4.15. The van der Waals surface area contributed by atoms with Crippen molar-refractivity contribution in [2.75, 3.05) is 0 Å². The third-order valence-corrected chi connectivity index (χ3v) is 4.93. The molecule has 4 heteroatoms. The minimum absolute atomic E-state index is 0.352. The third kappa shape index (κ3) is 2.32. The van der Waals surface area contributed by atoms with E-state index in [1.807, 2.05) is 25.1 Å². The molecule has 1 heterocycles. The van der Waals surface area contributed by atoms with Gasteiger partial charge in [0.05, 0.1) is 0 Å². The molecule has 84 valence electrons. The van der Waals surface area contributed by atoms with Crippen molar-refractivity contribution < 1.29 is 0 Å². The second-order valence-corrected chi connectivity index (χ2v) is 5.95. The summed E-state index contributed by atoms with van der Waals surface area (Å²) >= 11 is 6.27. The fourth-order valence-corrected chi connectivity index (χ4v) is 3.48. The van der Waals surface area contributed by atoms with Gasteiger partial charge in [0, 0.05) is 0 Å². The molecule has 2 rings (SSSR count). The molecule has 2 nitrogen and oxygen atoms in total. The number of benzene rings is 1. The van der Waals surface area contributed by atoms with Gasteiger partial charge in [-0.2, -0.15) is 0 Å². The monoisotopic (exact) mass is 300 g/mol. The van der Waals surface area contributed by atoms with Crippen molar-refractivity contribution in [1.29, 1.82) is 0 Å². The zero-order valence-corrected chi connectivity index (χ0v) is 12.0. The van der Waals surface area contributed by atoms with E-state index in [-0.39, 0.29) is 0 Å². The minimum atomic E-state index is 0.352. The second kappa shape index (κ2) is 4.62. The first-order chi connectivity index (χ1) is 7.58. The average Bonchev–Trinajstić information content (AvgIpc) is 2.54. The normalized spacial score (nSPS) is 12.1. The Hall–Kier alpha value is -0.761. The van der Waals surface area contributed by atoms with Gasteiger partial charge in [0.2, 0.25) is 0 Å². The van der Waals surface area contributed by atoms with Crippen LogP contribution in [0.25, 0.3) is 0 Å². The van der Waals surface area contributed by atoms with Gasteiger partial charge in [-0.15, -0.1) is 0 Å². The van der Waals surface area contributed by atoms with E-state index in [2.05, 4.69) is 28.5 Å². The molecule has 0 aliphatic heterocycles. The summed E-state index contributed by atoms with van der Waals surface area (Å²) in [6, 6.07) is 5.81. The third-order valence-electron chi connectivity index (χ3n) is 2.53. The van der Waals surface area contributed by atoms with Crippen LogP contribution in [0.1, 0.15) is 11.3 Å². The van der Waals surface area contributed by atoms with Crippen LogP contribution < -0.4 is 4.36 Å². The molecule has 1 aromatic heterocycles. The van der Waals surface area contributed by atoms with Gasteiger partial charge in [0.1, 0.15) is 0 Å². The van der Waals surface area contributed by atoms with Crippen molar-refractivity contribution in [3.8, 4) is 0 Å². The first kappa shape index (κ1) is 11.7. The summed E-state index contributed by atoms with van der Waals surface area (Å²) in [5, 5.41) is 0.765. The number of hydrogen-bond acceptors (Lipinski definition) is 1. The van der Waals surface area contributed by atoms with Crippen LogP contribution in [0.5, 0.6) is 0 Å². The molecule has 0 aliphatic carbocycles. The van der Waals surface area contributed by atoms with Gasteiger partial charge in [-0.05, 0) is 0 Å². The van der Waals surface area contributed by atoms with Gasteiger partial charge in [-0.3, -0.25) is 0 Å². The zero-order chi connectivity index (χ0) is 11.7. The van der Waals surface area contributed by atoms with Crippen molar-refractivity contribution in [3.05, 3.63) is 43.8 Å². The van der Waals surface area contributed by atoms with Gasteiger partial charge in [-0.1, -0.05) is 0 Å². The molecule has 2 aromatic rings. The molecule has 0 fully saturated rings. The molecule has 0 aliphatic rings. The van der Waals surface area contributed by atoms with E-state index < -0.39 is 0 Å². The standard InChI is InChI=1S/C12H13ClN2Se/c1-8-6-10(13)4-5-11(8)14-12-15(3)9(2)7-16-12/h4-7H,1-3H3. The van der Waals surface area contributed by atoms with Crippen LogP contribution >= 0.6 is 11.6 Å². The molecule has 1 aromatic carbocycles. The maximum absolute atomic E-state index is 5.92. The summed E-state index contributed by atoms with van der Waals surface area (Å²) in [6.07, 6.45) is 0. The molecule has 0 bridgehead atoms. The maximum atomic E-state index is 5.92. The second-order valence-electron chi connectivity index (χ2n) is 3.76. The summed E-state index contributed by atoms with van der Waals surface area (Å²) < 4.78 is 3.30. The summed E-state index contributed by atoms with van der Waals surface area (Å²) in [5.74, 6) is 0. The zero-order valence-electron chi connectivity index (χ0n) is 9.49. The Balaban J connectivity index is 2.55. The van der Waals surface area contributed by atoms with Gasteiger partial charge < -0.3 is 0 Å². The number of aromatic nitrogens is 1. The van der Waals surface area contributed by atoms with E-state index in [9.17, 15) is 0 Å². The molecule has 0 saturated heterocycles. The van der Waals surface area contributed by atoms with E-state index in [4.69, 9.17) is 11.6 Å². The van der Waals surface area contributed by atoms with Gasteiger partial charge >= 0.3 is 106 Å². The Morgan fingerprint density at radius 3 is 2.62 bits per heavy atom. The Morgan fingerprint density at radius 1 is 1.31 bits per heavy atom. The Morgan fingerprint density at radius 2 is 2.06 bits per heavy atom. The van der Waals surface area contributed by atoms with Crippen molar-refractivity contribution in [1.82, 2.24) is 4.57 Å². The Bertz CT molecular complexity index is 581. The van der Waals surface area contributed by atoms with E-state index in [1.54, 1.807) is 0 Å². The van der Waals surface area contributed by atoms with Crippen LogP contribution in [0, 0.1) is 13.8 Å². The van der Waals surface area contributed by atoms with Gasteiger partial charge in [-0.25, -0.2) is 0 Å². The molecule has 0 N–H and O–H groups in total. The van der Waals surface area contributed by atoms with Gasteiger partial charge in [0.15, 0.2) is 0 Å². The molecular weight excluding hydrogens is 287 g/mol. The number of halogens is 1. The van der Waals surface area contributed by atoms with E-state index in [1.165, 1.54) is 5.69 Å². The molecule has 0 saturated carbocycles. The van der Waals surface area contributed by atoms with Crippen molar-refractivity contribution in [2.24, 2.45) is 12.0 Å². The number of rotatable bonds is 1. The summed E-state index contributed by atoms with van der Waals surface area (Å²) in [4.78, 5) is 6.94. The van der Waals surface area contributed by atoms with Crippen molar-refractivity contribution in [3.63, 3.8) is 0 Å². The number of aryl methyl sites for hydroxylation is 2. The molecule has 0 radical (unpaired) electrons. The Kier molecular flexibility index (Phi) is 3.38. The van der Waals surface area contributed by atoms with Crippen LogP contribution in [-0.4, -0.2) is 19.1 Å². The summed E-state index contributed by atoms with van der Waals surface area (Å²) in [7, 11) is 2.06. The van der Waals surface area contributed by atoms with E-state index in [0.29, 0.717) is 14.5 Å². The Labute approximate surface area is 106 Å². The van der Waals surface area contributed by atoms with Crippen LogP contribution in [-0.2, 0) is 7.05 Å². The first-order valence-electron chi connectivity index (χ1n) is 5.00. The van der Waals surface area contributed by atoms with Crippen molar-refractivity contribution >= 4 is 31.8 Å². The molecule has 0 amide bonds. The van der Waals surface area contributed by atoms with Crippen LogP contribution in [0.15, 0.2) is 28.1 Å². The van der Waals surface area contributed by atoms with Crippen LogP contribution in [0.2, 0.25) is 5.02 Å². The first-order valence-corrected chi connectivity index (χ1v) is 7.22. The fourth-order valence-electron chi connectivity index (χ4n) is 1.40. The molecule has 0 spiro atoms. The fraction of sp³-hybridized carbons (Fsp3) is 0.250. The van der Waals surface area contributed by atoms with E-state index in [0.717, 1.165) is 20.6 Å². The number of nitrogens with zero attached hydrogens (tertiary/aromatic N) is 2. The van der Waals surface area contributed by atoms with E-state index >= 15 is 0 Å². The molecular formula is C12H13ClN2Se. The molecule has 16 heavy (non-hydrogen) atoms. The van der Waals surface area contributed by atoms with Crippen LogP contribution in [0.4, 0.5) is 5.69 Å². The SMILES string of the molecule is Cc1cc(Cl)ccc1N=c1[se]cc(C)n1C.